The zero-order chi connectivity index (χ0) is 13.9. The Kier molecular flexibility index (Phi) is 4.13. The molecule has 0 saturated carbocycles. The largest absolute Gasteiger partial charge is 0.271 e. The van der Waals surface area contributed by atoms with Crippen LogP contribution in [-0.2, 0) is 16.6 Å². The minimum atomic E-state index is -3.65. The van der Waals surface area contributed by atoms with Crippen LogP contribution in [0.5, 0.6) is 0 Å². The van der Waals surface area contributed by atoms with Gasteiger partial charge in [-0.15, -0.1) is 0 Å². The number of hydrogen-bond acceptors (Lipinski definition) is 5. The van der Waals surface area contributed by atoms with Crippen molar-refractivity contribution in [3.8, 4) is 0 Å². The average molecular weight is 302 g/mol. The van der Waals surface area contributed by atoms with Gasteiger partial charge < -0.3 is 0 Å². The van der Waals surface area contributed by atoms with Crippen LogP contribution in [0.2, 0.25) is 5.28 Å². The number of hydrogen-bond donors (Lipinski definition) is 1. The first kappa shape index (κ1) is 13.9. The lowest BCUT2D eigenvalue weighted by Crippen LogP contribution is -2.35. The van der Waals surface area contributed by atoms with Crippen molar-refractivity contribution in [1.29, 1.82) is 0 Å². The molecular formula is C10H12ClN5O2S. The summed E-state index contributed by atoms with van der Waals surface area (Å²) in [4.78, 5) is 7.27. The average Bonchev–Trinajstić information content (AvgIpc) is 2.81. The van der Waals surface area contributed by atoms with E-state index in [0.29, 0.717) is 6.54 Å². The molecule has 1 unspecified atom stereocenters. The zero-order valence-electron chi connectivity index (χ0n) is 10.1. The molecule has 0 aliphatic carbocycles. The lowest BCUT2D eigenvalue weighted by atomic mass is 10.4. The van der Waals surface area contributed by atoms with E-state index in [2.05, 4.69) is 19.8 Å². The fourth-order valence-corrected chi connectivity index (χ4v) is 2.72. The van der Waals surface area contributed by atoms with Gasteiger partial charge in [0.1, 0.15) is 4.90 Å². The highest BCUT2D eigenvalue weighted by Gasteiger charge is 2.18. The summed E-state index contributed by atoms with van der Waals surface area (Å²) in [5.41, 5.74) is 0. The van der Waals surface area contributed by atoms with Crippen LogP contribution in [0.3, 0.4) is 0 Å². The lowest BCUT2D eigenvalue weighted by molar-refractivity contribution is 0.493. The number of aromatic nitrogens is 4. The van der Waals surface area contributed by atoms with E-state index in [1.165, 1.54) is 0 Å². The first-order valence-corrected chi connectivity index (χ1v) is 7.31. The highest BCUT2D eigenvalue weighted by Crippen LogP contribution is 2.08. The van der Waals surface area contributed by atoms with Crippen molar-refractivity contribution in [2.45, 2.75) is 24.4 Å². The van der Waals surface area contributed by atoms with Crippen LogP contribution in [0.15, 0.2) is 35.7 Å². The van der Waals surface area contributed by atoms with Gasteiger partial charge >= 0.3 is 0 Å². The lowest BCUT2D eigenvalue weighted by Gasteiger charge is -2.13. The van der Waals surface area contributed by atoms with Gasteiger partial charge in [-0.2, -0.15) is 5.10 Å². The van der Waals surface area contributed by atoms with Gasteiger partial charge in [0.2, 0.25) is 15.3 Å². The SMILES string of the molecule is CC(Cn1cccn1)NS(=O)(=O)c1cnc(Cl)nc1. The first-order valence-electron chi connectivity index (χ1n) is 5.45. The Morgan fingerprint density at radius 3 is 2.68 bits per heavy atom. The van der Waals surface area contributed by atoms with Gasteiger partial charge in [0.15, 0.2) is 0 Å². The molecule has 1 N–H and O–H groups in total. The number of nitrogens with one attached hydrogen (secondary N) is 1. The molecule has 1 atom stereocenters. The Balaban J connectivity index is 2.06. The summed E-state index contributed by atoms with van der Waals surface area (Å²) in [5.74, 6) is 0. The Hall–Kier alpha value is -1.51. The van der Waals surface area contributed by atoms with Crippen LogP contribution < -0.4 is 4.72 Å². The zero-order valence-corrected chi connectivity index (χ0v) is 11.6. The van der Waals surface area contributed by atoms with E-state index in [1.807, 2.05) is 0 Å². The normalized spacial score (nSPS) is 13.4. The summed E-state index contributed by atoms with van der Waals surface area (Å²) in [5, 5.41) is 4.01. The molecule has 0 aliphatic rings. The molecular weight excluding hydrogens is 290 g/mol. The summed E-state index contributed by atoms with van der Waals surface area (Å²) >= 11 is 5.51. The predicted molar refractivity (Wildman–Crippen MR) is 69.1 cm³/mol. The van der Waals surface area contributed by atoms with Crippen LogP contribution in [0.1, 0.15) is 6.92 Å². The predicted octanol–water partition coefficient (Wildman–Crippen LogP) is 0.694. The van der Waals surface area contributed by atoms with Crippen molar-refractivity contribution in [2.24, 2.45) is 0 Å². The van der Waals surface area contributed by atoms with Crippen LogP contribution in [0.25, 0.3) is 0 Å². The Morgan fingerprint density at radius 1 is 1.42 bits per heavy atom. The smallest absolute Gasteiger partial charge is 0.243 e. The quantitative estimate of drug-likeness (QED) is 0.821. The third-order valence-electron chi connectivity index (χ3n) is 2.28. The van der Waals surface area contributed by atoms with E-state index in [1.54, 1.807) is 30.1 Å². The fourth-order valence-electron chi connectivity index (χ4n) is 1.50. The summed E-state index contributed by atoms with van der Waals surface area (Å²) in [7, 11) is -3.65. The van der Waals surface area contributed by atoms with Gasteiger partial charge in [-0.05, 0) is 24.6 Å². The molecule has 102 valence electrons. The molecule has 2 heterocycles. The van der Waals surface area contributed by atoms with Crippen LogP contribution >= 0.6 is 11.6 Å². The summed E-state index contributed by atoms with van der Waals surface area (Å²) in [6, 6.07) is 1.45. The van der Waals surface area contributed by atoms with Gasteiger partial charge in [0.25, 0.3) is 0 Å². The van der Waals surface area contributed by atoms with Crippen molar-refractivity contribution in [3.63, 3.8) is 0 Å². The highest BCUT2D eigenvalue weighted by molar-refractivity contribution is 7.89. The minimum Gasteiger partial charge on any atom is -0.271 e. The molecule has 2 aromatic rings. The maximum Gasteiger partial charge on any atom is 0.243 e. The van der Waals surface area contributed by atoms with E-state index in [0.717, 1.165) is 12.4 Å². The Bertz CT molecular complexity index is 626. The van der Waals surface area contributed by atoms with Crippen LogP contribution in [-0.4, -0.2) is 34.2 Å². The molecule has 9 heteroatoms. The molecule has 0 radical (unpaired) electrons. The molecule has 0 saturated heterocycles. The third-order valence-corrected chi connectivity index (χ3v) is 4.02. The van der Waals surface area contributed by atoms with Crippen molar-refractivity contribution in [2.75, 3.05) is 0 Å². The second kappa shape index (κ2) is 5.64. The molecule has 0 amide bonds. The van der Waals surface area contributed by atoms with E-state index in [4.69, 9.17) is 11.6 Å². The second-order valence-corrected chi connectivity index (χ2v) is 5.99. The molecule has 0 bridgehead atoms. The summed E-state index contributed by atoms with van der Waals surface area (Å²) < 4.78 is 28.2. The van der Waals surface area contributed by atoms with Crippen LogP contribution in [0, 0.1) is 0 Å². The molecule has 0 aliphatic heterocycles. The number of sulfonamides is 1. The number of rotatable bonds is 5. The topological polar surface area (TPSA) is 89.8 Å². The van der Waals surface area contributed by atoms with Crippen LogP contribution in [0.4, 0.5) is 0 Å². The number of halogens is 1. The van der Waals surface area contributed by atoms with Gasteiger partial charge in [-0.25, -0.2) is 23.1 Å². The minimum absolute atomic E-state index is 0.00328. The van der Waals surface area contributed by atoms with Gasteiger partial charge in [0.05, 0.1) is 18.9 Å². The highest BCUT2D eigenvalue weighted by atomic mass is 35.5. The van der Waals surface area contributed by atoms with Gasteiger partial charge in [-0.1, -0.05) is 0 Å². The molecule has 2 rings (SSSR count). The monoisotopic (exact) mass is 301 g/mol. The fraction of sp³-hybridized carbons (Fsp3) is 0.300. The molecule has 0 spiro atoms. The van der Waals surface area contributed by atoms with Crippen molar-refractivity contribution >= 4 is 21.6 Å². The Labute approximate surface area is 115 Å². The van der Waals surface area contributed by atoms with Crippen molar-refractivity contribution in [3.05, 3.63) is 36.1 Å². The maximum absolute atomic E-state index is 12.0. The number of nitrogens with zero attached hydrogens (tertiary/aromatic N) is 4. The molecule has 2 aromatic heterocycles. The van der Waals surface area contributed by atoms with E-state index < -0.39 is 10.0 Å². The van der Waals surface area contributed by atoms with Gasteiger partial charge in [-0.3, -0.25) is 4.68 Å². The molecule has 0 fully saturated rings. The van der Waals surface area contributed by atoms with E-state index >= 15 is 0 Å². The van der Waals surface area contributed by atoms with Crippen molar-refractivity contribution < 1.29 is 8.42 Å². The Morgan fingerprint density at radius 2 is 2.11 bits per heavy atom. The van der Waals surface area contributed by atoms with Gasteiger partial charge in [0, 0.05) is 18.4 Å². The first-order chi connectivity index (χ1) is 8.97. The molecule has 0 aromatic carbocycles. The standard InChI is InChI=1S/C10H12ClN5O2S/c1-8(7-16-4-2-3-14-16)15-19(17,18)9-5-12-10(11)13-6-9/h2-6,8,15H,7H2,1H3. The van der Waals surface area contributed by atoms with E-state index in [-0.39, 0.29) is 16.2 Å². The summed E-state index contributed by atoms with van der Waals surface area (Å²) in [6.07, 6.45) is 5.72. The second-order valence-electron chi connectivity index (χ2n) is 3.94. The third kappa shape index (κ3) is 3.72. The molecule has 19 heavy (non-hydrogen) atoms. The maximum atomic E-state index is 12.0. The van der Waals surface area contributed by atoms with E-state index in [9.17, 15) is 8.42 Å². The summed E-state index contributed by atoms with van der Waals surface area (Å²) in [6.45, 7) is 2.18. The molecule has 7 nitrogen and oxygen atoms in total. The van der Waals surface area contributed by atoms with Crippen molar-refractivity contribution in [1.82, 2.24) is 24.5 Å².